The monoisotopic (exact) mass is 148 g/mol. The van der Waals surface area contributed by atoms with E-state index in [0.29, 0.717) is 6.04 Å². The lowest BCUT2D eigenvalue weighted by molar-refractivity contribution is 0.575. The van der Waals surface area contributed by atoms with E-state index in [9.17, 15) is 0 Å². The van der Waals surface area contributed by atoms with Gasteiger partial charge in [0.15, 0.2) is 0 Å². The molecule has 11 heavy (non-hydrogen) atoms. The van der Waals surface area contributed by atoms with Gasteiger partial charge < -0.3 is 5.73 Å². The first-order valence-corrected chi connectivity index (χ1v) is 4.03. The van der Waals surface area contributed by atoms with Gasteiger partial charge in [0.25, 0.3) is 0 Å². The Kier molecular flexibility index (Phi) is 1.62. The molecule has 2 nitrogen and oxygen atoms in total. The lowest BCUT2D eigenvalue weighted by Crippen LogP contribution is -2.27. The zero-order chi connectivity index (χ0) is 7.68. The quantitative estimate of drug-likeness (QED) is 0.593. The van der Waals surface area contributed by atoms with Gasteiger partial charge in [0.05, 0.1) is 0 Å². The van der Waals surface area contributed by atoms with Crippen LogP contribution in [-0.2, 0) is 12.8 Å². The summed E-state index contributed by atoms with van der Waals surface area (Å²) >= 11 is 0. The second kappa shape index (κ2) is 2.62. The number of pyridine rings is 1. The predicted octanol–water partition coefficient (Wildman–Crippen LogP) is 0.898. The molecule has 0 aromatic carbocycles. The first kappa shape index (κ1) is 6.80. The summed E-state index contributed by atoms with van der Waals surface area (Å²) in [5.41, 5.74) is 8.60. The highest BCUT2D eigenvalue weighted by Crippen LogP contribution is 2.18. The Balaban J connectivity index is 2.34. The molecule has 1 aliphatic carbocycles. The van der Waals surface area contributed by atoms with E-state index in [4.69, 9.17) is 5.73 Å². The molecule has 1 atom stereocenters. The SMILES string of the molecule is NC1CCc2cnccc2C1. The van der Waals surface area contributed by atoms with Crippen LogP contribution < -0.4 is 5.73 Å². The van der Waals surface area contributed by atoms with Gasteiger partial charge in [-0.05, 0) is 36.5 Å². The molecule has 1 aliphatic rings. The number of rotatable bonds is 0. The first-order valence-electron chi connectivity index (χ1n) is 4.03. The van der Waals surface area contributed by atoms with Crippen molar-refractivity contribution in [3.8, 4) is 0 Å². The fourth-order valence-corrected chi connectivity index (χ4v) is 1.61. The van der Waals surface area contributed by atoms with E-state index < -0.39 is 0 Å². The molecule has 1 unspecified atom stereocenters. The molecule has 0 fully saturated rings. The van der Waals surface area contributed by atoms with E-state index in [2.05, 4.69) is 11.1 Å². The molecular weight excluding hydrogens is 136 g/mol. The average molecular weight is 148 g/mol. The van der Waals surface area contributed by atoms with Crippen molar-refractivity contribution in [1.82, 2.24) is 4.98 Å². The van der Waals surface area contributed by atoms with Crippen LogP contribution in [0.3, 0.4) is 0 Å². The number of hydrogen-bond donors (Lipinski definition) is 1. The lowest BCUT2D eigenvalue weighted by atomic mass is 9.90. The molecule has 0 amide bonds. The van der Waals surface area contributed by atoms with Gasteiger partial charge >= 0.3 is 0 Å². The zero-order valence-electron chi connectivity index (χ0n) is 6.46. The minimum absolute atomic E-state index is 0.366. The van der Waals surface area contributed by atoms with Gasteiger partial charge in [-0.15, -0.1) is 0 Å². The van der Waals surface area contributed by atoms with Crippen LogP contribution in [0.2, 0.25) is 0 Å². The third-order valence-electron chi connectivity index (χ3n) is 2.27. The van der Waals surface area contributed by atoms with Crippen molar-refractivity contribution in [3.63, 3.8) is 0 Å². The molecule has 0 saturated carbocycles. The molecule has 2 heteroatoms. The maximum atomic E-state index is 5.83. The number of nitrogens with zero attached hydrogens (tertiary/aromatic N) is 1. The molecule has 0 bridgehead atoms. The van der Waals surface area contributed by atoms with Gasteiger partial charge in [0.2, 0.25) is 0 Å². The van der Waals surface area contributed by atoms with Crippen molar-refractivity contribution in [2.75, 3.05) is 0 Å². The highest BCUT2D eigenvalue weighted by atomic mass is 14.7. The van der Waals surface area contributed by atoms with Crippen LogP contribution in [-0.4, -0.2) is 11.0 Å². The fourth-order valence-electron chi connectivity index (χ4n) is 1.61. The molecular formula is C9H12N2. The Morgan fingerprint density at radius 3 is 3.27 bits per heavy atom. The first-order chi connectivity index (χ1) is 5.36. The van der Waals surface area contributed by atoms with Crippen LogP contribution in [0.5, 0.6) is 0 Å². The topological polar surface area (TPSA) is 38.9 Å². The Morgan fingerprint density at radius 1 is 1.45 bits per heavy atom. The van der Waals surface area contributed by atoms with Crippen LogP contribution >= 0.6 is 0 Å². The molecule has 0 saturated heterocycles. The van der Waals surface area contributed by atoms with E-state index in [1.807, 2.05) is 12.4 Å². The molecule has 2 rings (SSSR count). The van der Waals surface area contributed by atoms with E-state index in [-0.39, 0.29) is 0 Å². The summed E-state index contributed by atoms with van der Waals surface area (Å²) in [5, 5.41) is 0. The normalized spacial score (nSPS) is 22.8. The molecule has 1 aromatic heterocycles. The lowest BCUT2D eigenvalue weighted by Gasteiger charge is -2.20. The summed E-state index contributed by atoms with van der Waals surface area (Å²) in [7, 11) is 0. The minimum atomic E-state index is 0.366. The van der Waals surface area contributed by atoms with Crippen molar-refractivity contribution in [3.05, 3.63) is 29.6 Å². The van der Waals surface area contributed by atoms with Crippen LogP contribution in [0.25, 0.3) is 0 Å². The standard InChI is InChI=1S/C9H12N2/c10-9-2-1-8-6-11-4-3-7(8)5-9/h3-4,6,9H,1-2,5,10H2. The van der Waals surface area contributed by atoms with E-state index >= 15 is 0 Å². The third-order valence-corrected chi connectivity index (χ3v) is 2.27. The molecule has 0 radical (unpaired) electrons. The highest BCUT2D eigenvalue weighted by Gasteiger charge is 2.14. The van der Waals surface area contributed by atoms with Gasteiger partial charge in [-0.3, -0.25) is 4.98 Å². The second-order valence-corrected chi connectivity index (χ2v) is 3.15. The summed E-state index contributed by atoms with van der Waals surface area (Å²) in [6.45, 7) is 0. The number of fused-ring (bicyclic) bond motifs is 1. The average Bonchev–Trinajstić information content (AvgIpc) is 2.04. The van der Waals surface area contributed by atoms with E-state index in [1.165, 1.54) is 11.1 Å². The largest absolute Gasteiger partial charge is 0.327 e. The van der Waals surface area contributed by atoms with Crippen molar-refractivity contribution in [1.29, 1.82) is 0 Å². The predicted molar refractivity (Wildman–Crippen MR) is 44.2 cm³/mol. The smallest absolute Gasteiger partial charge is 0.0302 e. The summed E-state index contributed by atoms with van der Waals surface area (Å²) in [4.78, 5) is 4.08. The number of nitrogens with two attached hydrogens (primary N) is 1. The Morgan fingerprint density at radius 2 is 2.36 bits per heavy atom. The highest BCUT2D eigenvalue weighted by molar-refractivity contribution is 5.26. The number of aromatic nitrogens is 1. The summed E-state index contributed by atoms with van der Waals surface area (Å²) < 4.78 is 0. The Labute approximate surface area is 66.4 Å². The Bertz CT molecular complexity index is 257. The van der Waals surface area contributed by atoms with Crippen molar-refractivity contribution in [2.45, 2.75) is 25.3 Å². The second-order valence-electron chi connectivity index (χ2n) is 3.15. The third kappa shape index (κ3) is 1.26. The van der Waals surface area contributed by atoms with Gasteiger partial charge in [-0.25, -0.2) is 0 Å². The Hall–Kier alpha value is -0.890. The van der Waals surface area contributed by atoms with Crippen LogP contribution in [0.1, 0.15) is 17.5 Å². The van der Waals surface area contributed by atoms with Crippen molar-refractivity contribution in [2.24, 2.45) is 5.73 Å². The van der Waals surface area contributed by atoms with Crippen LogP contribution in [0.4, 0.5) is 0 Å². The number of aryl methyl sites for hydroxylation is 1. The summed E-state index contributed by atoms with van der Waals surface area (Å²) in [6, 6.07) is 2.44. The van der Waals surface area contributed by atoms with Gasteiger partial charge in [0.1, 0.15) is 0 Å². The fraction of sp³-hybridized carbons (Fsp3) is 0.444. The summed E-state index contributed by atoms with van der Waals surface area (Å²) in [6.07, 6.45) is 7.04. The maximum absolute atomic E-state index is 5.83. The van der Waals surface area contributed by atoms with Gasteiger partial charge in [0, 0.05) is 18.4 Å². The van der Waals surface area contributed by atoms with Crippen LogP contribution in [0, 0.1) is 0 Å². The van der Waals surface area contributed by atoms with Gasteiger partial charge in [-0.1, -0.05) is 0 Å². The minimum Gasteiger partial charge on any atom is -0.327 e. The molecule has 1 aromatic rings. The molecule has 2 N–H and O–H groups in total. The summed E-state index contributed by atoms with van der Waals surface area (Å²) in [5.74, 6) is 0. The van der Waals surface area contributed by atoms with Crippen molar-refractivity contribution >= 4 is 0 Å². The number of hydrogen-bond acceptors (Lipinski definition) is 2. The molecule has 1 heterocycles. The van der Waals surface area contributed by atoms with Gasteiger partial charge in [-0.2, -0.15) is 0 Å². The maximum Gasteiger partial charge on any atom is 0.0302 e. The molecule has 58 valence electrons. The zero-order valence-corrected chi connectivity index (χ0v) is 6.46. The van der Waals surface area contributed by atoms with Crippen LogP contribution in [0.15, 0.2) is 18.5 Å². The molecule has 0 spiro atoms. The van der Waals surface area contributed by atoms with E-state index in [1.54, 1.807) is 0 Å². The van der Waals surface area contributed by atoms with Crippen molar-refractivity contribution < 1.29 is 0 Å². The van der Waals surface area contributed by atoms with E-state index in [0.717, 1.165) is 19.3 Å². The molecule has 0 aliphatic heterocycles.